The number of aliphatic hydroxyl groups excluding tert-OH is 1. The number of terminal acetylenes is 1. The SMILES string of the molecule is C#CCC(=O)NCC(O)C(N)=O. The van der Waals surface area contributed by atoms with E-state index < -0.39 is 17.9 Å². The minimum absolute atomic E-state index is 0.0779. The summed E-state index contributed by atoms with van der Waals surface area (Å²) >= 11 is 0. The number of nitrogens with two attached hydrogens (primary N) is 1. The maximum atomic E-state index is 10.7. The van der Waals surface area contributed by atoms with Crippen molar-refractivity contribution >= 4 is 11.8 Å². The molecule has 2 amide bonds. The van der Waals surface area contributed by atoms with Crippen molar-refractivity contribution in [3.05, 3.63) is 0 Å². The first-order valence-electron chi connectivity index (χ1n) is 3.25. The number of aliphatic hydroxyl groups is 1. The molecule has 0 fully saturated rings. The van der Waals surface area contributed by atoms with Crippen LogP contribution < -0.4 is 11.1 Å². The second kappa shape index (κ2) is 5.16. The van der Waals surface area contributed by atoms with Crippen molar-refractivity contribution < 1.29 is 14.7 Å². The molecule has 0 radical (unpaired) electrons. The molecular weight excluding hydrogens is 160 g/mol. The second-order valence-electron chi connectivity index (χ2n) is 2.10. The van der Waals surface area contributed by atoms with Gasteiger partial charge in [0.25, 0.3) is 0 Å². The van der Waals surface area contributed by atoms with Crippen LogP contribution in [0.1, 0.15) is 6.42 Å². The number of hydrogen-bond donors (Lipinski definition) is 3. The number of hydrogen-bond acceptors (Lipinski definition) is 3. The van der Waals surface area contributed by atoms with E-state index in [-0.39, 0.29) is 13.0 Å². The van der Waals surface area contributed by atoms with E-state index in [9.17, 15) is 9.59 Å². The lowest BCUT2D eigenvalue weighted by atomic mass is 10.3. The van der Waals surface area contributed by atoms with Gasteiger partial charge in [0.2, 0.25) is 11.8 Å². The van der Waals surface area contributed by atoms with Crippen molar-refractivity contribution in [2.75, 3.05) is 6.54 Å². The van der Waals surface area contributed by atoms with Gasteiger partial charge < -0.3 is 16.2 Å². The van der Waals surface area contributed by atoms with Gasteiger partial charge in [0.15, 0.2) is 0 Å². The average molecular weight is 170 g/mol. The largest absolute Gasteiger partial charge is 0.381 e. The summed E-state index contributed by atoms with van der Waals surface area (Å²) < 4.78 is 0. The fourth-order valence-corrected chi connectivity index (χ4v) is 0.466. The van der Waals surface area contributed by atoms with Gasteiger partial charge in [-0.1, -0.05) is 5.92 Å². The molecule has 0 spiro atoms. The monoisotopic (exact) mass is 170 g/mol. The smallest absolute Gasteiger partial charge is 0.248 e. The highest BCUT2D eigenvalue weighted by Gasteiger charge is 2.10. The third-order valence-electron chi connectivity index (χ3n) is 1.08. The lowest BCUT2D eigenvalue weighted by Crippen LogP contribution is -2.39. The Bertz CT molecular complexity index is 219. The molecule has 0 aromatic rings. The maximum absolute atomic E-state index is 10.7. The van der Waals surface area contributed by atoms with Crippen LogP contribution in [0.3, 0.4) is 0 Å². The van der Waals surface area contributed by atoms with Gasteiger partial charge in [-0.3, -0.25) is 9.59 Å². The molecule has 0 bridgehead atoms. The van der Waals surface area contributed by atoms with Gasteiger partial charge in [-0.2, -0.15) is 0 Å². The number of rotatable bonds is 4. The molecule has 12 heavy (non-hydrogen) atoms. The quantitative estimate of drug-likeness (QED) is 0.425. The van der Waals surface area contributed by atoms with Crippen LogP contribution in [0.4, 0.5) is 0 Å². The highest BCUT2D eigenvalue weighted by molar-refractivity contribution is 5.81. The predicted octanol–water partition coefficient (Wildman–Crippen LogP) is -2.03. The van der Waals surface area contributed by atoms with E-state index in [1.807, 2.05) is 0 Å². The number of primary amides is 1. The molecule has 5 nitrogen and oxygen atoms in total. The second-order valence-corrected chi connectivity index (χ2v) is 2.10. The third-order valence-corrected chi connectivity index (χ3v) is 1.08. The zero-order valence-corrected chi connectivity index (χ0v) is 6.41. The first-order chi connectivity index (χ1) is 5.57. The highest BCUT2D eigenvalue weighted by Crippen LogP contribution is 1.79. The molecule has 5 heteroatoms. The van der Waals surface area contributed by atoms with Gasteiger partial charge in [0, 0.05) is 0 Å². The number of amides is 2. The third kappa shape index (κ3) is 4.30. The molecule has 0 aromatic heterocycles. The van der Waals surface area contributed by atoms with E-state index in [4.69, 9.17) is 17.3 Å². The van der Waals surface area contributed by atoms with Crippen molar-refractivity contribution in [1.82, 2.24) is 5.32 Å². The summed E-state index contributed by atoms with van der Waals surface area (Å²) in [5.41, 5.74) is 4.72. The lowest BCUT2D eigenvalue weighted by molar-refractivity contribution is -0.126. The Morgan fingerprint density at radius 1 is 1.67 bits per heavy atom. The Balaban J connectivity index is 3.63. The van der Waals surface area contributed by atoms with Crippen LogP contribution in [0.2, 0.25) is 0 Å². The molecular formula is C7H10N2O3. The Morgan fingerprint density at radius 2 is 2.25 bits per heavy atom. The zero-order chi connectivity index (χ0) is 9.56. The summed E-state index contributed by atoms with van der Waals surface area (Å²) in [5, 5.41) is 11.0. The molecule has 0 rings (SSSR count). The number of nitrogens with one attached hydrogen (secondary N) is 1. The van der Waals surface area contributed by atoms with E-state index >= 15 is 0 Å². The van der Waals surface area contributed by atoms with Crippen LogP contribution in [-0.2, 0) is 9.59 Å². The van der Waals surface area contributed by atoms with Crippen molar-refractivity contribution in [2.45, 2.75) is 12.5 Å². The summed E-state index contributed by atoms with van der Waals surface area (Å²) in [7, 11) is 0. The molecule has 4 N–H and O–H groups in total. The van der Waals surface area contributed by atoms with Crippen molar-refractivity contribution in [1.29, 1.82) is 0 Å². The zero-order valence-electron chi connectivity index (χ0n) is 6.41. The standard InChI is InChI=1S/C7H10N2O3/c1-2-3-6(11)9-4-5(10)7(8)12/h1,5,10H,3-4H2,(H2,8,12)(H,9,11). The van der Waals surface area contributed by atoms with E-state index in [0.717, 1.165) is 0 Å². The summed E-state index contributed by atoms with van der Waals surface area (Å²) in [5.74, 6) is 0.813. The first kappa shape index (κ1) is 10.5. The van der Waals surface area contributed by atoms with Crippen LogP contribution in [-0.4, -0.2) is 29.6 Å². The van der Waals surface area contributed by atoms with Gasteiger partial charge in [-0.25, -0.2) is 0 Å². The maximum Gasteiger partial charge on any atom is 0.248 e. The average Bonchev–Trinajstić information content (AvgIpc) is 2.00. The number of carbonyl (C=O) groups is 2. The van der Waals surface area contributed by atoms with Crippen molar-refractivity contribution in [2.24, 2.45) is 5.73 Å². The fourth-order valence-electron chi connectivity index (χ4n) is 0.466. The molecule has 1 atom stereocenters. The van der Waals surface area contributed by atoms with Crippen LogP contribution in [0, 0.1) is 12.3 Å². The van der Waals surface area contributed by atoms with Crippen LogP contribution in [0.5, 0.6) is 0 Å². The molecule has 0 saturated heterocycles. The van der Waals surface area contributed by atoms with Crippen molar-refractivity contribution in [3.63, 3.8) is 0 Å². The summed E-state index contributed by atoms with van der Waals surface area (Å²) in [6.45, 7) is -0.199. The van der Waals surface area contributed by atoms with Crippen LogP contribution in [0.25, 0.3) is 0 Å². The van der Waals surface area contributed by atoms with Crippen LogP contribution >= 0.6 is 0 Å². The van der Waals surface area contributed by atoms with E-state index in [2.05, 4.69) is 11.2 Å². The molecule has 0 aliphatic carbocycles. The van der Waals surface area contributed by atoms with Gasteiger partial charge in [0.1, 0.15) is 6.10 Å². The van der Waals surface area contributed by atoms with Gasteiger partial charge in [-0.05, 0) is 0 Å². The molecule has 0 aromatic carbocycles. The van der Waals surface area contributed by atoms with Gasteiger partial charge in [0.05, 0.1) is 13.0 Å². The Kier molecular flexibility index (Phi) is 4.49. The van der Waals surface area contributed by atoms with E-state index in [1.54, 1.807) is 0 Å². The van der Waals surface area contributed by atoms with Gasteiger partial charge >= 0.3 is 0 Å². The first-order valence-corrected chi connectivity index (χ1v) is 3.25. The minimum Gasteiger partial charge on any atom is -0.381 e. The minimum atomic E-state index is -1.35. The normalized spacial score (nSPS) is 11.3. The van der Waals surface area contributed by atoms with Crippen molar-refractivity contribution in [3.8, 4) is 12.3 Å². The topological polar surface area (TPSA) is 92.4 Å². The highest BCUT2D eigenvalue weighted by atomic mass is 16.3. The molecule has 0 aliphatic rings. The Hall–Kier alpha value is -1.54. The van der Waals surface area contributed by atoms with Gasteiger partial charge in [-0.15, -0.1) is 6.42 Å². The molecule has 0 saturated carbocycles. The summed E-state index contributed by atoms with van der Waals surface area (Å²) in [4.78, 5) is 20.9. The summed E-state index contributed by atoms with van der Waals surface area (Å²) in [6, 6.07) is 0. The molecule has 66 valence electrons. The van der Waals surface area contributed by atoms with E-state index in [0.29, 0.717) is 0 Å². The Labute approximate surface area is 69.9 Å². The Morgan fingerprint density at radius 3 is 2.67 bits per heavy atom. The molecule has 0 aliphatic heterocycles. The molecule has 0 heterocycles. The molecule has 1 unspecified atom stereocenters. The van der Waals surface area contributed by atoms with E-state index in [1.165, 1.54) is 0 Å². The summed E-state index contributed by atoms with van der Waals surface area (Å²) in [6.07, 6.45) is 3.40. The lowest BCUT2D eigenvalue weighted by Gasteiger charge is -2.06. The van der Waals surface area contributed by atoms with Crippen LogP contribution in [0.15, 0.2) is 0 Å². The fraction of sp³-hybridized carbons (Fsp3) is 0.429. The predicted molar refractivity (Wildman–Crippen MR) is 41.7 cm³/mol. The number of carbonyl (C=O) groups excluding carboxylic acids is 2.